The van der Waals surface area contributed by atoms with E-state index in [4.69, 9.17) is 37.4 Å². The molecular weight excluding hydrogens is 351 g/mol. The first kappa shape index (κ1) is 16.4. The highest BCUT2D eigenvalue weighted by Gasteiger charge is 2.11. The molecule has 0 radical (unpaired) electrons. The van der Waals surface area contributed by atoms with Crippen molar-refractivity contribution in [1.29, 1.82) is 0 Å². The summed E-state index contributed by atoms with van der Waals surface area (Å²) >= 11 is 11.7. The zero-order valence-electron chi connectivity index (χ0n) is 12.4. The zero-order chi connectivity index (χ0) is 16.9. The van der Waals surface area contributed by atoms with E-state index in [-0.39, 0.29) is 6.79 Å². The molecule has 0 saturated heterocycles. The number of carbonyl (C=O) groups is 1. The Labute approximate surface area is 148 Å². The number of carbonyl (C=O) groups excluding carboxylic acids is 1. The van der Waals surface area contributed by atoms with Gasteiger partial charge in [-0.25, -0.2) is 4.79 Å². The molecule has 1 aliphatic heterocycles. The van der Waals surface area contributed by atoms with Crippen LogP contribution < -0.4 is 14.2 Å². The zero-order valence-corrected chi connectivity index (χ0v) is 13.9. The fraction of sp³-hybridized carbons (Fsp3) is 0.0556. The molecule has 1 aliphatic rings. The standard InChI is InChI=1S/C18H12Cl2O4/c19-14-7-6-13(10-15(14)20)24-18(21)4-2-1-3-12-5-8-16-17(9-12)23-11-22-16/h1-10H,11H2/b3-1+,4-2+. The van der Waals surface area contributed by atoms with Gasteiger partial charge in [0.05, 0.1) is 10.0 Å². The van der Waals surface area contributed by atoms with Gasteiger partial charge in [0.15, 0.2) is 11.5 Å². The molecule has 24 heavy (non-hydrogen) atoms. The van der Waals surface area contributed by atoms with Gasteiger partial charge in [0.25, 0.3) is 0 Å². The van der Waals surface area contributed by atoms with Crippen molar-refractivity contribution >= 4 is 35.2 Å². The van der Waals surface area contributed by atoms with Crippen LogP contribution in [0.15, 0.2) is 54.6 Å². The molecule has 0 spiro atoms. The maximum Gasteiger partial charge on any atom is 0.336 e. The van der Waals surface area contributed by atoms with Crippen LogP contribution in [0.1, 0.15) is 5.56 Å². The molecular formula is C18H12Cl2O4. The first-order chi connectivity index (χ1) is 11.6. The molecule has 2 aromatic carbocycles. The fourth-order valence-electron chi connectivity index (χ4n) is 2.01. The Kier molecular flexibility index (Phi) is 5.08. The third-order valence-corrected chi connectivity index (χ3v) is 3.88. The van der Waals surface area contributed by atoms with Crippen LogP contribution in [0.25, 0.3) is 6.08 Å². The topological polar surface area (TPSA) is 44.8 Å². The molecule has 2 aromatic rings. The minimum Gasteiger partial charge on any atom is -0.454 e. The summed E-state index contributed by atoms with van der Waals surface area (Å²) in [5.41, 5.74) is 0.932. The first-order valence-electron chi connectivity index (χ1n) is 7.03. The molecule has 6 heteroatoms. The lowest BCUT2D eigenvalue weighted by molar-refractivity contribution is -0.128. The highest BCUT2D eigenvalue weighted by molar-refractivity contribution is 6.42. The molecule has 0 fully saturated rings. The van der Waals surface area contributed by atoms with Gasteiger partial charge in [0.2, 0.25) is 6.79 Å². The van der Waals surface area contributed by atoms with Gasteiger partial charge in [-0.2, -0.15) is 0 Å². The molecule has 0 bridgehead atoms. The Bertz CT molecular complexity index is 828. The quantitative estimate of drug-likeness (QED) is 0.336. The lowest BCUT2D eigenvalue weighted by Gasteiger charge is -2.02. The van der Waals surface area contributed by atoms with Crippen molar-refractivity contribution in [3.05, 3.63) is 70.2 Å². The fourth-order valence-corrected chi connectivity index (χ4v) is 2.30. The summed E-state index contributed by atoms with van der Waals surface area (Å²) in [4.78, 5) is 11.7. The van der Waals surface area contributed by atoms with Crippen molar-refractivity contribution in [2.75, 3.05) is 6.79 Å². The third-order valence-electron chi connectivity index (χ3n) is 3.14. The normalized spacial score (nSPS) is 12.9. The summed E-state index contributed by atoms with van der Waals surface area (Å²) in [5, 5.41) is 0.729. The number of ether oxygens (including phenoxy) is 3. The minimum atomic E-state index is -0.510. The van der Waals surface area contributed by atoms with Crippen LogP contribution >= 0.6 is 23.2 Å². The number of halogens is 2. The van der Waals surface area contributed by atoms with Crippen LogP contribution in [0, 0.1) is 0 Å². The van der Waals surface area contributed by atoms with Crippen molar-refractivity contribution in [3.8, 4) is 17.2 Å². The second-order valence-corrected chi connectivity index (χ2v) is 5.64. The molecule has 0 aromatic heterocycles. The van der Waals surface area contributed by atoms with E-state index < -0.39 is 5.97 Å². The summed E-state index contributed by atoms with van der Waals surface area (Å²) < 4.78 is 15.7. The SMILES string of the molecule is O=C(/C=C/C=C/c1ccc2c(c1)OCO2)Oc1ccc(Cl)c(Cl)c1. The second kappa shape index (κ2) is 7.43. The van der Waals surface area contributed by atoms with Gasteiger partial charge < -0.3 is 14.2 Å². The van der Waals surface area contributed by atoms with E-state index >= 15 is 0 Å². The number of esters is 1. The minimum absolute atomic E-state index is 0.239. The Morgan fingerprint density at radius 1 is 1.00 bits per heavy atom. The molecule has 122 valence electrons. The summed E-state index contributed by atoms with van der Waals surface area (Å²) in [6.07, 6.45) is 6.47. The lowest BCUT2D eigenvalue weighted by Crippen LogP contribution is -2.03. The number of hydrogen-bond acceptors (Lipinski definition) is 4. The number of hydrogen-bond donors (Lipinski definition) is 0. The largest absolute Gasteiger partial charge is 0.454 e. The van der Waals surface area contributed by atoms with E-state index in [1.165, 1.54) is 12.1 Å². The number of fused-ring (bicyclic) bond motifs is 1. The predicted octanol–water partition coefficient (Wildman–Crippen LogP) is 4.90. The maximum atomic E-state index is 11.7. The van der Waals surface area contributed by atoms with Gasteiger partial charge in [-0.15, -0.1) is 0 Å². The maximum absolute atomic E-state index is 11.7. The van der Waals surface area contributed by atoms with Gasteiger partial charge in [0, 0.05) is 12.1 Å². The van der Waals surface area contributed by atoms with Gasteiger partial charge in [0.1, 0.15) is 5.75 Å². The average molecular weight is 363 g/mol. The van der Waals surface area contributed by atoms with E-state index in [1.54, 1.807) is 24.3 Å². The highest BCUT2D eigenvalue weighted by atomic mass is 35.5. The monoisotopic (exact) mass is 362 g/mol. The number of rotatable bonds is 4. The Hall–Kier alpha value is -2.43. The number of benzene rings is 2. The second-order valence-electron chi connectivity index (χ2n) is 4.83. The van der Waals surface area contributed by atoms with Crippen molar-refractivity contribution in [1.82, 2.24) is 0 Å². The van der Waals surface area contributed by atoms with Gasteiger partial charge in [-0.3, -0.25) is 0 Å². The molecule has 0 amide bonds. The smallest absolute Gasteiger partial charge is 0.336 e. The molecule has 1 heterocycles. The molecule has 3 rings (SSSR count). The predicted molar refractivity (Wildman–Crippen MR) is 92.8 cm³/mol. The molecule has 0 aliphatic carbocycles. The molecule has 0 saturated carbocycles. The Morgan fingerprint density at radius 3 is 2.67 bits per heavy atom. The Morgan fingerprint density at radius 2 is 1.83 bits per heavy atom. The van der Waals surface area contributed by atoms with Gasteiger partial charge in [-0.1, -0.05) is 47.5 Å². The number of allylic oxidation sites excluding steroid dienone is 2. The molecule has 0 N–H and O–H groups in total. The molecule has 0 atom stereocenters. The van der Waals surface area contributed by atoms with Crippen LogP contribution in [0.3, 0.4) is 0 Å². The van der Waals surface area contributed by atoms with Crippen molar-refractivity contribution in [3.63, 3.8) is 0 Å². The van der Waals surface area contributed by atoms with E-state index in [2.05, 4.69) is 0 Å². The summed E-state index contributed by atoms with van der Waals surface area (Å²) in [6, 6.07) is 10.2. The third kappa shape index (κ3) is 4.10. The van der Waals surface area contributed by atoms with E-state index in [0.717, 1.165) is 11.3 Å². The van der Waals surface area contributed by atoms with Gasteiger partial charge in [-0.05, 0) is 29.8 Å². The van der Waals surface area contributed by atoms with Crippen molar-refractivity contribution < 1.29 is 19.0 Å². The summed E-state index contributed by atoms with van der Waals surface area (Å²) in [6.45, 7) is 0.239. The van der Waals surface area contributed by atoms with E-state index in [1.807, 2.05) is 24.3 Å². The first-order valence-corrected chi connectivity index (χ1v) is 7.79. The lowest BCUT2D eigenvalue weighted by atomic mass is 10.2. The summed E-state index contributed by atoms with van der Waals surface area (Å²) in [5.74, 6) is 1.26. The molecule has 4 nitrogen and oxygen atoms in total. The van der Waals surface area contributed by atoms with E-state index in [9.17, 15) is 4.79 Å². The van der Waals surface area contributed by atoms with Crippen LogP contribution in [0.2, 0.25) is 10.0 Å². The van der Waals surface area contributed by atoms with E-state index in [0.29, 0.717) is 21.5 Å². The Balaban J connectivity index is 1.57. The molecule has 0 unspecified atom stereocenters. The van der Waals surface area contributed by atoms with Crippen molar-refractivity contribution in [2.45, 2.75) is 0 Å². The van der Waals surface area contributed by atoms with Crippen LogP contribution in [0.4, 0.5) is 0 Å². The van der Waals surface area contributed by atoms with Crippen LogP contribution in [0.5, 0.6) is 17.2 Å². The summed E-state index contributed by atoms with van der Waals surface area (Å²) in [7, 11) is 0. The highest BCUT2D eigenvalue weighted by Crippen LogP contribution is 2.32. The van der Waals surface area contributed by atoms with Gasteiger partial charge >= 0.3 is 5.97 Å². The van der Waals surface area contributed by atoms with Crippen LogP contribution in [-0.2, 0) is 4.79 Å². The average Bonchev–Trinajstić information content (AvgIpc) is 3.03. The van der Waals surface area contributed by atoms with Crippen molar-refractivity contribution in [2.24, 2.45) is 0 Å². The van der Waals surface area contributed by atoms with Crippen LogP contribution in [-0.4, -0.2) is 12.8 Å².